The second-order valence-electron chi connectivity index (χ2n) is 8.28. The molecule has 6 unspecified atom stereocenters. The van der Waals surface area contributed by atoms with Crippen molar-refractivity contribution in [2.24, 2.45) is 23.2 Å². The first-order chi connectivity index (χ1) is 10.9. The third-order valence-electron chi connectivity index (χ3n) is 7.00. The lowest BCUT2D eigenvalue weighted by Crippen LogP contribution is -2.52. The van der Waals surface area contributed by atoms with Crippen LogP contribution in [0.4, 0.5) is 0 Å². The lowest BCUT2D eigenvalue weighted by Gasteiger charge is -2.56. The molecule has 0 spiro atoms. The van der Waals surface area contributed by atoms with Gasteiger partial charge >= 0.3 is 0 Å². The van der Waals surface area contributed by atoms with E-state index >= 15 is 0 Å². The molecule has 0 bridgehead atoms. The number of phenols is 1. The Hall–Kier alpha value is -1.35. The van der Waals surface area contributed by atoms with E-state index in [9.17, 15) is 15.0 Å². The number of rotatable bonds is 0. The van der Waals surface area contributed by atoms with Gasteiger partial charge in [0.2, 0.25) is 0 Å². The van der Waals surface area contributed by atoms with Gasteiger partial charge in [-0.3, -0.25) is 4.79 Å². The van der Waals surface area contributed by atoms with Crippen LogP contribution >= 0.6 is 0 Å². The standard InChI is InChI=1S/C20H26O3/c1-11-10-20(2)16(4-3-5-18(20)23)15-9-17(22)14-8-12(21)6-7-13(14)19(11)15/h6-8,11,15-17,19,21-22H,3-5,9-10H2,1-2H3. The molecule has 1 aromatic carbocycles. The van der Waals surface area contributed by atoms with Gasteiger partial charge in [-0.2, -0.15) is 0 Å². The van der Waals surface area contributed by atoms with Crippen molar-refractivity contribution in [3.05, 3.63) is 29.3 Å². The zero-order chi connectivity index (χ0) is 16.4. The SMILES string of the molecule is CC1CC2(C)C(=O)CCCC2C2CC(O)c3cc(O)ccc3C12. The van der Waals surface area contributed by atoms with E-state index in [2.05, 4.69) is 13.8 Å². The Balaban J connectivity index is 1.80. The molecule has 0 aromatic heterocycles. The predicted octanol–water partition coefficient (Wildman–Crippen LogP) is 3.94. The van der Waals surface area contributed by atoms with Gasteiger partial charge in [0.05, 0.1) is 6.10 Å². The van der Waals surface area contributed by atoms with E-state index < -0.39 is 6.10 Å². The highest BCUT2D eigenvalue weighted by atomic mass is 16.3. The lowest BCUT2D eigenvalue weighted by molar-refractivity contribution is -0.144. The third kappa shape index (κ3) is 2.09. The zero-order valence-corrected chi connectivity index (χ0v) is 14.0. The summed E-state index contributed by atoms with van der Waals surface area (Å²) >= 11 is 0. The number of carbonyl (C=O) groups is 1. The number of aromatic hydroxyl groups is 1. The van der Waals surface area contributed by atoms with Crippen LogP contribution < -0.4 is 0 Å². The number of ketones is 1. The highest BCUT2D eigenvalue weighted by Gasteiger charge is 2.56. The van der Waals surface area contributed by atoms with Crippen LogP contribution in [0.3, 0.4) is 0 Å². The largest absolute Gasteiger partial charge is 0.508 e. The van der Waals surface area contributed by atoms with Crippen LogP contribution in [-0.2, 0) is 4.79 Å². The summed E-state index contributed by atoms with van der Waals surface area (Å²) in [4.78, 5) is 12.6. The van der Waals surface area contributed by atoms with Gasteiger partial charge in [-0.1, -0.05) is 19.9 Å². The average Bonchev–Trinajstić information content (AvgIpc) is 2.49. The molecule has 3 aliphatic rings. The number of carbonyl (C=O) groups excluding carboxylic acids is 1. The number of hydrogen-bond acceptors (Lipinski definition) is 3. The Kier molecular flexibility index (Phi) is 3.35. The Morgan fingerprint density at radius 2 is 2.04 bits per heavy atom. The molecule has 4 rings (SSSR count). The van der Waals surface area contributed by atoms with E-state index in [0.29, 0.717) is 29.5 Å². The minimum absolute atomic E-state index is 0.201. The number of hydrogen-bond donors (Lipinski definition) is 2. The molecule has 3 nitrogen and oxygen atoms in total. The second-order valence-corrected chi connectivity index (χ2v) is 8.28. The molecule has 6 atom stereocenters. The first-order valence-corrected chi connectivity index (χ1v) is 8.96. The van der Waals surface area contributed by atoms with Crippen molar-refractivity contribution in [3.8, 4) is 5.75 Å². The molecular weight excluding hydrogens is 288 g/mol. The summed E-state index contributed by atoms with van der Waals surface area (Å²) in [6, 6.07) is 5.46. The van der Waals surface area contributed by atoms with Crippen LogP contribution in [0, 0.1) is 23.2 Å². The number of Topliss-reactive ketones (excluding diaryl/α,β-unsaturated/α-hetero) is 1. The lowest BCUT2D eigenvalue weighted by atomic mass is 9.47. The van der Waals surface area contributed by atoms with E-state index in [1.54, 1.807) is 12.1 Å². The molecule has 0 aliphatic heterocycles. The van der Waals surface area contributed by atoms with Gasteiger partial charge in [-0.15, -0.1) is 0 Å². The smallest absolute Gasteiger partial charge is 0.139 e. The highest BCUT2D eigenvalue weighted by Crippen LogP contribution is 2.61. The van der Waals surface area contributed by atoms with Crippen LogP contribution in [0.1, 0.15) is 69.1 Å². The fraction of sp³-hybridized carbons (Fsp3) is 0.650. The van der Waals surface area contributed by atoms with E-state index in [0.717, 1.165) is 37.7 Å². The van der Waals surface area contributed by atoms with E-state index in [4.69, 9.17) is 0 Å². The third-order valence-corrected chi connectivity index (χ3v) is 7.00. The molecule has 3 heteroatoms. The van der Waals surface area contributed by atoms with Gasteiger partial charge in [0, 0.05) is 11.8 Å². The number of aliphatic hydroxyl groups excluding tert-OH is 1. The normalized spacial score (nSPS) is 42.6. The molecule has 23 heavy (non-hydrogen) atoms. The molecule has 0 saturated heterocycles. The number of benzene rings is 1. The summed E-state index contributed by atoms with van der Waals surface area (Å²) in [6.07, 6.45) is 3.98. The Morgan fingerprint density at radius 3 is 2.83 bits per heavy atom. The maximum Gasteiger partial charge on any atom is 0.139 e. The fourth-order valence-electron chi connectivity index (χ4n) is 6.10. The molecule has 3 aliphatic carbocycles. The minimum Gasteiger partial charge on any atom is -0.508 e. The van der Waals surface area contributed by atoms with Gasteiger partial charge < -0.3 is 10.2 Å². The summed E-state index contributed by atoms with van der Waals surface area (Å²) in [5.41, 5.74) is 1.88. The zero-order valence-electron chi connectivity index (χ0n) is 14.0. The summed E-state index contributed by atoms with van der Waals surface area (Å²) < 4.78 is 0. The first-order valence-electron chi connectivity index (χ1n) is 8.96. The molecule has 2 saturated carbocycles. The van der Waals surface area contributed by atoms with Gasteiger partial charge in [0.1, 0.15) is 11.5 Å². The van der Waals surface area contributed by atoms with Gasteiger partial charge in [-0.05, 0) is 72.6 Å². The molecule has 2 N–H and O–H groups in total. The van der Waals surface area contributed by atoms with Crippen LogP contribution in [0.5, 0.6) is 5.75 Å². The van der Waals surface area contributed by atoms with Crippen LogP contribution in [0.15, 0.2) is 18.2 Å². The van der Waals surface area contributed by atoms with E-state index in [-0.39, 0.29) is 11.2 Å². The maximum atomic E-state index is 12.6. The minimum atomic E-state index is -0.523. The molecule has 124 valence electrons. The Morgan fingerprint density at radius 1 is 1.26 bits per heavy atom. The Labute approximate surface area is 137 Å². The molecular formula is C20H26O3. The molecule has 0 heterocycles. The molecule has 2 fully saturated rings. The topological polar surface area (TPSA) is 57.5 Å². The van der Waals surface area contributed by atoms with E-state index in [1.165, 1.54) is 5.56 Å². The van der Waals surface area contributed by atoms with Gasteiger partial charge in [-0.25, -0.2) is 0 Å². The van der Waals surface area contributed by atoms with Crippen LogP contribution in [-0.4, -0.2) is 16.0 Å². The van der Waals surface area contributed by atoms with Crippen molar-refractivity contribution in [3.63, 3.8) is 0 Å². The monoisotopic (exact) mass is 314 g/mol. The van der Waals surface area contributed by atoms with Gasteiger partial charge in [0.25, 0.3) is 0 Å². The van der Waals surface area contributed by atoms with Crippen molar-refractivity contribution in [2.45, 2.75) is 58.0 Å². The maximum absolute atomic E-state index is 12.6. The van der Waals surface area contributed by atoms with E-state index in [1.807, 2.05) is 6.07 Å². The quantitative estimate of drug-likeness (QED) is 0.762. The first kappa shape index (κ1) is 15.2. The van der Waals surface area contributed by atoms with Crippen molar-refractivity contribution in [1.29, 1.82) is 0 Å². The summed E-state index contributed by atoms with van der Waals surface area (Å²) in [7, 11) is 0. The summed E-state index contributed by atoms with van der Waals surface area (Å²) in [5, 5.41) is 20.4. The van der Waals surface area contributed by atoms with Crippen molar-refractivity contribution < 1.29 is 15.0 Å². The number of aliphatic hydroxyl groups is 1. The summed E-state index contributed by atoms with van der Waals surface area (Å²) in [5.74, 6) is 2.26. The second kappa shape index (κ2) is 5.07. The van der Waals surface area contributed by atoms with Crippen LogP contribution in [0.25, 0.3) is 0 Å². The Bertz CT molecular complexity index is 652. The molecule has 0 radical (unpaired) electrons. The van der Waals surface area contributed by atoms with Crippen molar-refractivity contribution in [1.82, 2.24) is 0 Å². The average molecular weight is 314 g/mol. The van der Waals surface area contributed by atoms with Gasteiger partial charge in [0.15, 0.2) is 0 Å². The highest BCUT2D eigenvalue weighted by molar-refractivity contribution is 5.85. The fourth-order valence-corrected chi connectivity index (χ4v) is 6.10. The van der Waals surface area contributed by atoms with Crippen LogP contribution in [0.2, 0.25) is 0 Å². The summed E-state index contributed by atoms with van der Waals surface area (Å²) in [6.45, 7) is 4.43. The predicted molar refractivity (Wildman–Crippen MR) is 88.2 cm³/mol. The number of fused-ring (bicyclic) bond motifs is 5. The number of phenolic OH excluding ortho intramolecular Hbond substituents is 1. The van der Waals surface area contributed by atoms with Crippen molar-refractivity contribution in [2.75, 3.05) is 0 Å². The van der Waals surface area contributed by atoms with Crippen molar-refractivity contribution >= 4 is 5.78 Å². The molecule has 1 aromatic rings. The molecule has 0 amide bonds.